The van der Waals surface area contributed by atoms with Crippen LogP contribution in [0.25, 0.3) is 6.08 Å². The molecule has 1 N–H and O–H groups in total. The van der Waals surface area contributed by atoms with E-state index >= 15 is 0 Å². The lowest BCUT2D eigenvalue weighted by Gasteiger charge is -2.09. The smallest absolute Gasteiger partial charge is 0.266 e. The number of carbonyl (C=O) groups excluding carboxylic acids is 2. The first-order valence-corrected chi connectivity index (χ1v) is 10.00. The minimum Gasteiger partial charge on any atom is -0.482 e. The summed E-state index contributed by atoms with van der Waals surface area (Å²) < 4.78 is 5.53. The molecule has 0 spiro atoms. The van der Waals surface area contributed by atoms with Gasteiger partial charge in [-0.05, 0) is 54.6 Å². The van der Waals surface area contributed by atoms with Crippen molar-refractivity contribution in [2.24, 2.45) is 4.99 Å². The first kappa shape index (κ1) is 21.0. The van der Waals surface area contributed by atoms with Gasteiger partial charge in [-0.3, -0.25) is 19.5 Å². The highest BCUT2D eigenvalue weighted by Crippen LogP contribution is 2.33. The lowest BCUT2D eigenvalue weighted by molar-refractivity contribution is -0.121. The zero-order valence-corrected chi connectivity index (χ0v) is 17.8. The van der Waals surface area contributed by atoms with Gasteiger partial charge in [0.1, 0.15) is 5.75 Å². The highest BCUT2D eigenvalue weighted by molar-refractivity contribution is 8.18. The maximum atomic E-state index is 12.2. The number of likely N-dealkylation sites (N-methyl/N-ethyl adjacent to an activating group) is 1. The van der Waals surface area contributed by atoms with Crippen LogP contribution in [0.3, 0.4) is 0 Å². The highest BCUT2D eigenvalue weighted by atomic mass is 35.5. The number of benzene rings is 2. The number of halogens is 1. The van der Waals surface area contributed by atoms with E-state index in [1.807, 2.05) is 31.2 Å². The summed E-state index contributed by atoms with van der Waals surface area (Å²) in [6.07, 6.45) is 1.75. The van der Waals surface area contributed by atoms with Crippen molar-refractivity contribution in [2.45, 2.75) is 6.92 Å². The standard InChI is InChI=1S/C21H20ClN3O3S/c1-13-4-7-15(8-5-13)24-19(26)12-28-17-9-6-14(10-16(17)22)11-18-20(27)25(3)21(23-2)29-18/h4-11H,12H2,1-3H3,(H,24,26)/b18-11+,23-21?. The summed E-state index contributed by atoms with van der Waals surface area (Å²) in [5, 5.41) is 3.77. The van der Waals surface area contributed by atoms with E-state index in [1.165, 1.54) is 16.7 Å². The molecule has 1 saturated heterocycles. The first-order chi connectivity index (χ1) is 13.9. The summed E-state index contributed by atoms with van der Waals surface area (Å²) in [5.74, 6) is 0.00418. The predicted molar refractivity (Wildman–Crippen MR) is 118 cm³/mol. The molecule has 0 bridgehead atoms. The number of hydrogen-bond donors (Lipinski definition) is 1. The van der Waals surface area contributed by atoms with E-state index in [0.717, 1.165) is 11.1 Å². The molecule has 0 saturated carbocycles. The normalized spacial score (nSPS) is 16.6. The van der Waals surface area contributed by atoms with Gasteiger partial charge < -0.3 is 10.1 Å². The van der Waals surface area contributed by atoms with E-state index in [2.05, 4.69) is 10.3 Å². The highest BCUT2D eigenvalue weighted by Gasteiger charge is 2.29. The SMILES string of the molecule is CN=C1S/C(=C/c2ccc(OCC(=O)Nc3ccc(C)cc3)c(Cl)c2)C(=O)N1C. The third-order valence-corrected chi connectivity index (χ3v) is 5.59. The molecule has 0 atom stereocenters. The number of hydrogen-bond acceptors (Lipinski definition) is 5. The van der Waals surface area contributed by atoms with Crippen molar-refractivity contribution < 1.29 is 14.3 Å². The number of nitrogens with zero attached hydrogens (tertiary/aromatic N) is 2. The summed E-state index contributed by atoms with van der Waals surface area (Å²) in [6.45, 7) is 1.82. The van der Waals surface area contributed by atoms with Gasteiger partial charge in [0.25, 0.3) is 11.8 Å². The Labute approximate surface area is 178 Å². The van der Waals surface area contributed by atoms with E-state index in [4.69, 9.17) is 16.3 Å². The molecule has 1 aliphatic rings. The fraction of sp³-hybridized carbons (Fsp3) is 0.190. The summed E-state index contributed by atoms with van der Waals surface area (Å²) in [5.41, 5.74) is 2.58. The Morgan fingerprint density at radius 2 is 2.00 bits per heavy atom. The monoisotopic (exact) mass is 429 g/mol. The van der Waals surface area contributed by atoms with Crippen LogP contribution in [-0.2, 0) is 9.59 Å². The van der Waals surface area contributed by atoms with Gasteiger partial charge in [0.2, 0.25) is 0 Å². The van der Waals surface area contributed by atoms with Crippen molar-refractivity contribution in [3.63, 3.8) is 0 Å². The Balaban J connectivity index is 1.62. The molecule has 2 aromatic rings. The van der Waals surface area contributed by atoms with E-state index in [1.54, 1.807) is 38.4 Å². The van der Waals surface area contributed by atoms with E-state index in [-0.39, 0.29) is 18.4 Å². The summed E-state index contributed by atoms with van der Waals surface area (Å²) in [6, 6.07) is 12.6. The molecule has 0 unspecified atom stereocenters. The Morgan fingerprint density at radius 1 is 1.28 bits per heavy atom. The Hall–Kier alpha value is -2.77. The number of rotatable bonds is 5. The van der Waals surface area contributed by atoms with Crippen LogP contribution < -0.4 is 10.1 Å². The topological polar surface area (TPSA) is 71.0 Å². The minimum absolute atomic E-state index is 0.111. The molecule has 1 aliphatic heterocycles. The van der Waals surface area contributed by atoms with Gasteiger partial charge in [-0.2, -0.15) is 0 Å². The molecule has 150 valence electrons. The maximum Gasteiger partial charge on any atom is 0.266 e. The molecular formula is C21H20ClN3O3S. The number of ether oxygens (including phenoxy) is 1. The second-order valence-corrected chi connectivity index (χ2v) is 7.79. The minimum atomic E-state index is -0.279. The number of amidine groups is 1. The molecule has 2 amide bonds. The largest absolute Gasteiger partial charge is 0.482 e. The van der Waals surface area contributed by atoms with Crippen LogP contribution in [0, 0.1) is 6.92 Å². The number of aryl methyl sites for hydroxylation is 1. The van der Waals surface area contributed by atoms with Crippen molar-refractivity contribution in [1.82, 2.24) is 4.90 Å². The number of thioether (sulfide) groups is 1. The van der Waals surface area contributed by atoms with Gasteiger partial charge in [-0.15, -0.1) is 0 Å². The second-order valence-electron chi connectivity index (χ2n) is 6.37. The number of carbonyl (C=O) groups is 2. The van der Waals surface area contributed by atoms with Gasteiger partial charge in [-0.1, -0.05) is 35.4 Å². The average Bonchev–Trinajstić information content (AvgIpc) is 2.97. The molecule has 3 rings (SSSR count). The number of anilines is 1. The van der Waals surface area contributed by atoms with Gasteiger partial charge in [0, 0.05) is 19.8 Å². The van der Waals surface area contributed by atoms with E-state index in [9.17, 15) is 9.59 Å². The average molecular weight is 430 g/mol. The van der Waals surface area contributed by atoms with Gasteiger partial charge in [0.15, 0.2) is 11.8 Å². The van der Waals surface area contributed by atoms with Crippen molar-refractivity contribution in [1.29, 1.82) is 0 Å². The lowest BCUT2D eigenvalue weighted by atomic mass is 10.2. The van der Waals surface area contributed by atoms with Crippen LogP contribution in [0.2, 0.25) is 5.02 Å². The third-order valence-electron chi connectivity index (χ3n) is 4.14. The van der Waals surface area contributed by atoms with Crippen LogP contribution in [0.1, 0.15) is 11.1 Å². The number of aliphatic imine (C=N–C) groups is 1. The predicted octanol–water partition coefficient (Wildman–Crippen LogP) is 4.20. The maximum absolute atomic E-state index is 12.2. The van der Waals surface area contributed by atoms with Crippen molar-refractivity contribution in [3.05, 3.63) is 63.5 Å². The fourth-order valence-electron chi connectivity index (χ4n) is 2.60. The van der Waals surface area contributed by atoms with Gasteiger partial charge >= 0.3 is 0 Å². The van der Waals surface area contributed by atoms with Crippen LogP contribution >= 0.6 is 23.4 Å². The van der Waals surface area contributed by atoms with Crippen LogP contribution in [0.4, 0.5) is 5.69 Å². The van der Waals surface area contributed by atoms with Crippen molar-refractivity contribution in [2.75, 3.05) is 26.0 Å². The van der Waals surface area contributed by atoms with Crippen LogP contribution in [0.5, 0.6) is 5.75 Å². The molecule has 0 aromatic heterocycles. The van der Waals surface area contributed by atoms with Crippen LogP contribution in [0.15, 0.2) is 52.4 Å². The van der Waals surface area contributed by atoms with Crippen LogP contribution in [-0.4, -0.2) is 42.6 Å². The molecule has 0 radical (unpaired) electrons. The molecular weight excluding hydrogens is 410 g/mol. The molecule has 8 heteroatoms. The Morgan fingerprint density at radius 3 is 2.62 bits per heavy atom. The Bertz CT molecular complexity index is 1000. The molecule has 1 heterocycles. The second kappa shape index (κ2) is 9.15. The summed E-state index contributed by atoms with van der Waals surface area (Å²) >= 11 is 7.59. The fourth-order valence-corrected chi connectivity index (χ4v) is 3.77. The summed E-state index contributed by atoms with van der Waals surface area (Å²) in [7, 11) is 3.33. The van der Waals surface area contributed by atoms with E-state index in [0.29, 0.717) is 26.5 Å². The van der Waals surface area contributed by atoms with Gasteiger partial charge in [0.05, 0.1) is 9.93 Å². The molecule has 6 nitrogen and oxygen atoms in total. The number of amides is 2. The molecule has 29 heavy (non-hydrogen) atoms. The lowest BCUT2D eigenvalue weighted by Crippen LogP contribution is -2.23. The molecule has 2 aromatic carbocycles. The third kappa shape index (κ3) is 5.19. The molecule has 0 aliphatic carbocycles. The van der Waals surface area contributed by atoms with Crippen molar-refractivity contribution >= 4 is 52.1 Å². The van der Waals surface area contributed by atoms with E-state index < -0.39 is 0 Å². The Kier molecular flexibility index (Phi) is 6.61. The first-order valence-electron chi connectivity index (χ1n) is 8.80. The molecule has 1 fully saturated rings. The van der Waals surface area contributed by atoms with Crippen molar-refractivity contribution in [3.8, 4) is 5.75 Å². The summed E-state index contributed by atoms with van der Waals surface area (Å²) in [4.78, 5) is 30.4. The number of nitrogens with one attached hydrogen (secondary N) is 1. The zero-order valence-electron chi connectivity index (χ0n) is 16.2. The zero-order chi connectivity index (χ0) is 21.0. The van der Waals surface area contributed by atoms with Gasteiger partial charge in [-0.25, -0.2) is 0 Å². The quantitative estimate of drug-likeness (QED) is 0.723.